The normalized spacial score (nSPS) is 16.7. The zero-order chi connectivity index (χ0) is 29.7. The number of nitrogens with one attached hydrogen (secondary N) is 1. The van der Waals surface area contributed by atoms with Gasteiger partial charge in [-0.2, -0.15) is 0 Å². The highest BCUT2D eigenvalue weighted by Gasteiger charge is 2.42. The van der Waals surface area contributed by atoms with Crippen LogP contribution in [-0.4, -0.2) is 70.0 Å². The largest absolute Gasteiger partial charge is 0.508 e. The molecular formula is C31H34N4O6. The van der Waals surface area contributed by atoms with Crippen molar-refractivity contribution in [1.29, 1.82) is 0 Å². The summed E-state index contributed by atoms with van der Waals surface area (Å²) in [5, 5.41) is 21.8. The Bertz CT molecular complexity index is 1410. The van der Waals surface area contributed by atoms with Crippen molar-refractivity contribution in [2.24, 2.45) is 5.73 Å². The Labute approximate surface area is 238 Å². The van der Waals surface area contributed by atoms with Crippen LogP contribution in [0.15, 0.2) is 78.9 Å². The van der Waals surface area contributed by atoms with Crippen LogP contribution in [-0.2, 0) is 38.4 Å². The lowest BCUT2D eigenvalue weighted by Crippen LogP contribution is -2.61. The van der Waals surface area contributed by atoms with E-state index < -0.39 is 47.9 Å². The molecule has 0 saturated heterocycles. The van der Waals surface area contributed by atoms with Crippen LogP contribution in [0.4, 0.5) is 5.69 Å². The first-order chi connectivity index (χ1) is 19.6. The Kier molecular flexibility index (Phi) is 9.04. The van der Waals surface area contributed by atoms with Crippen molar-refractivity contribution < 1.29 is 29.4 Å². The van der Waals surface area contributed by atoms with E-state index in [0.29, 0.717) is 17.7 Å². The molecule has 3 amide bonds. The number of phenols is 1. The summed E-state index contributed by atoms with van der Waals surface area (Å²) in [6.07, 6.45) is 0.540. The Hall–Kier alpha value is -4.70. The molecule has 0 fully saturated rings. The number of aliphatic carboxylic acids is 1. The molecule has 0 unspecified atom stereocenters. The smallest absolute Gasteiger partial charge is 0.326 e. The zero-order valence-electron chi connectivity index (χ0n) is 22.9. The quantitative estimate of drug-likeness (QED) is 0.296. The fourth-order valence-corrected chi connectivity index (χ4v) is 5.04. The van der Waals surface area contributed by atoms with E-state index in [1.807, 2.05) is 42.5 Å². The number of nitrogens with zero attached hydrogens (tertiary/aromatic N) is 2. The van der Waals surface area contributed by atoms with Crippen LogP contribution in [0.5, 0.6) is 5.75 Å². The van der Waals surface area contributed by atoms with Crippen molar-refractivity contribution in [3.8, 4) is 5.75 Å². The molecule has 3 aromatic rings. The van der Waals surface area contributed by atoms with Gasteiger partial charge in [0.1, 0.15) is 23.9 Å². The molecule has 0 bridgehead atoms. The third-order valence-electron chi connectivity index (χ3n) is 7.38. The van der Waals surface area contributed by atoms with Gasteiger partial charge in [-0.1, -0.05) is 60.7 Å². The van der Waals surface area contributed by atoms with Crippen molar-refractivity contribution in [3.63, 3.8) is 0 Å². The van der Waals surface area contributed by atoms with Crippen LogP contribution in [0.2, 0.25) is 0 Å². The molecule has 0 aromatic heterocycles. The predicted octanol–water partition coefficient (Wildman–Crippen LogP) is 1.88. The molecule has 5 N–H and O–H groups in total. The van der Waals surface area contributed by atoms with E-state index in [1.54, 1.807) is 24.3 Å². The Morgan fingerprint density at radius 2 is 1.59 bits per heavy atom. The first-order valence-corrected chi connectivity index (χ1v) is 13.3. The first kappa shape index (κ1) is 29.3. The van der Waals surface area contributed by atoms with E-state index in [4.69, 9.17) is 5.73 Å². The molecule has 214 valence electrons. The molecule has 0 radical (unpaired) electrons. The molecule has 1 aliphatic heterocycles. The molecule has 3 aromatic carbocycles. The number of carbonyl (C=O) groups is 4. The van der Waals surface area contributed by atoms with E-state index in [2.05, 4.69) is 5.32 Å². The van der Waals surface area contributed by atoms with Crippen LogP contribution in [0.25, 0.3) is 0 Å². The minimum Gasteiger partial charge on any atom is -0.508 e. The monoisotopic (exact) mass is 558 g/mol. The van der Waals surface area contributed by atoms with Crippen LogP contribution >= 0.6 is 0 Å². The van der Waals surface area contributed by atoms with Gasteiger partial charge in [-0.05, 0) is 48.2 Å². The Balaban J connectivity index is 1.53. The van der Waals surface area contributed by atoms with Crippen LogP contribution < -0.4 is 16.0 Å². The van der Waals surface area contributed by atoms with Gasteiger partial charge in [0.05, 0.1) is 6.04 Å². The third kappa shape index (κ3) is 6.72. The summed E-state index contributed by atoms with van der Waals surface area (Å²) in [7, 11) is 1.53. The number of hydrogen-bond donors (Lipinski definition) is 4. The highest BCUT2D eigenvalue weighted by Crippen LogP contribution is 2.31. The second-order valence-electron chi connectivity index (χ2n) is 10.2. The SMILES string of the molecule is C[C@@H](C(=O)N[C@@H](Cc1ccc(O)cc1)C(=O)O)N1C(=O)[C@@H](N(C)C(=O)[C@@H](N)Cc2ccccc2)Cc2ccccc21. The summed E-state index contributed by atoms with van der Waals surface area (Å²) < 4.78 is 0. The molecule has 4 rings (SSSR count). The molecular weight excluding hydrogens is 524 g/mol. The van der Waals surface area contributed by atoms with Gasteiger partial charge in [-0.25, -0.2) is 4.79 Å². The van der Waals surface area contributed by atoms with Crippen molar-refractivity contribution in [3.05, 3.63) is 95.6 Å². The van der Waals surface area contributed by atoms with Crippen LogP contribution in [0, 0.1) is 0 Å². The van der Waals surface area contributed by atoms with Gasteiger partial charge in [0.25, 0.3) is 5.91 Å². The van der Waals surface area contributed by atoms with E-state index in [0.717, 1.165) is 11.1 Å². The average molecular weight is 559 g/mol. The summed E-state index contributed by atoms with van der Waals surface area (Å²) in [6, 6.07) is 18.4. The number of para-hydroxylation sites is 1. The topological polar surface area (TPSA) is 153 Å². The number of amides is 3. The van der Waals surface area contributed by atoms with Crippen molar-refractivity contribution in [1.82, 2.24) is 10.2 Å². The number of fused-ring (bicyclic) bond motifs is 1. The fraction of sp³-hybridized carbons (Fsp3) is 0.290. The van der Waals surface area contributed by atoms with Crippen molar-refractivity contribution in [2.75, 3.05) is 11.9 Å². The van der Waals surface area contributed by atoms with E-state index >= 15 is 0 Å². The van der Waals surface area contributed by atoms with Gasteiger partial charge in [-0.3, -0.25) is 19.3 Å². The molecule has 0 saturated carbocycles. The lowest BCUT2D eigenvalue weighted by Gasteiger charge is -2.41. The Morgan fingerprint density at radius 1 is 0.976 bits per heavy atom. The standard InChI is InChI=1S/C31H34N4O6/c1-19(28(37)33-25(31(40)41)17-21-12-14-23(36)15-13-21)35-26-11-7-6-10-22(26)18-27(30(35)39)34(2)29(38)24(32)16-20-8-4-3-5-9-20/h3-15,19,24-25,27,36H,16-18,32H2,1-2H3,(H,33,37)(H,40,41)/t19-,24-,25-,27-/m0/s1. The number of nitrogens with two attached hydrogens (primary N) is 1. The highest BCUT2D eigenvalue weighted by molar-refractivity contribution is 6.07. The summed E-state index contributed by atoms with van der Waals surface area (Å²) in [5.41, 5.74) is 9.04. The number of hydrogen-bond acceptors (Lipinski definition) is 6. The number of carboxylic acid groups (broad SMARTS) is 1. The van der Waals surface area contributed by atoms with Gasteiger partial charge in [-0.15, -0.1) is 0 Å². The van der Waals surface area contributed by atoms with Gasteiger partial charge in [0, 0.05) is 25.6 Å². The number of phenolic OH excluding ortho intramolecular Hbond substituents is 1. The second kappa shape index (κ2) is 12.6. The molecule has 41 heavy (non-hydrogen) atoms. The summed E-state index contributed by atoms with van der Waals surface area (Å²) >= 11 is 0. The van der Waals surface area contributed by atoms with E-state index in [-0.39, 0.29) is 18.6 Å². The average Bonchev–Trinajstić information content (AvgIpc) is 2.96. The lowest BCUT2D eigenvalue weighted by molar-refractivity contribution is -0.142. The molecule has 1 aliphatic rings. The number of carbonyl (C=O) groups excluding carboxylic acids is 3. The maximum Gasteiger partial charge on any atom is 0.326 e. The van der Waals surface area contributed by atoms with Crippen LogP contribution in [0.3, 0.4) is 0 Å². The number of benzene rings is 3. The number of carboxylic acids is 1. The van der Waals surface area contributed by atoms with E-state index in [1.165, 1.54) is 35.9 Å². The summed E-state index contributed by atoms with van der Waals surface area (Å²) in [4.78, 5) is 55.2. The lowest BCUT2D eigenvalue weighted by atomic mass is 9.94. The number of likely N-dealkylation sites (N-methyl/N-ethyl adjacent to an activating group) is 1. The molecule has 4 atom stereocenters. The maximum atomic E-state index is 13.9. The Morgan fingerprint density at radius 3 is 2.24 bits per heavy atom. The van der Waals surface area contributed by atoms with Gasteiger partial charge >= 0.3 is 5.97 Å². The molecule has 10 nitrogen and oxygen atoms in total. The molecule has 10 heteroatoms. The highest BCUT2D eigenvalue weighted by atomic mass is 16.4. The second-order valence-corrected chi connectivity index (χ2v) is 10.2. The minimum absolute atomic E-state index is 0.0161. The van der Waals surface area contributed by atoms with Gasteiger partial charge in [0.2, 0.25) is 11.8 Å². The van der Waals surface area contributed by atoms with Gasteiger partial charge < -0.3 is 26.2 Å². The van der Waals surface area contributed by atoms with Crippen molar-refractivity contribution in [2.45, 2.75) is 50.4 Å². The first-order valence-electron chi connectivity index (χ1n) is 13.3. The minimum atomic E-state index is -1.26. The fourth-order valence-electron chi connectivity index (χ4n) is 5.04. The van der Waals surface area contributed by atoms with Gasteiger partial charge in [0.15, 0.2) is 0 Å². The van der Waals surface area contributed by atoms with Crippen LogP contribution in [0.1, 0.15) is 23.6 Å². The third-order valence-corrected chi connectivity index (χ3v) is 7.38. The molecule has 0 spiro atoms. The molecule has 1 heterocycles. The van der Waals surface area contributed by atoms with E-state index in [9.17, 15) is 29.4 Å². The zero-order valence-corrected chi connectivity index (χ0v) is 22.9. The number of rotatable bonds is 10. The number of anilines is 1. The van der Waals surface area contributed by atoms with Crippen molar-refractivity contribution >= 4 is 29.4 Å². The molecule has 0 aliphatic carbocycles. The maximum absolute atomic E-state index is 13.9. The summed E-state index contributed by atoms with van der Waals surface area (Å²) in [5.74, 6) is -2.71. The summed E-state index contributed by atoms with van der Waals surface area (Å²) in [6.45, 7) is 1.52. The predicted molar refractivity (Wildman–Crippen MR) is 153 cm³/mol. The number of aromatic hydroxyl groups is 1.